The van der Waals surface area contributed by atoms with Crippen molar-refractivity contribution in [3.05, 3.63) is 65.5 Å². The first-order valence-corrected chi connectivity index (χ1v) is 12.3. The Hall–Kier alpha value is -5.06. The molecular formula is C28H23N5O6. The van der Waals surface area contributed by atoms with Crippen LogP contribution in [0.3, 0.4) is 0 Å². The molecule has 1 fully saturated rings. The molecule has 0 saturated carbocycles. The van der Waals surface area contributed by atoms with Crippen molar-refractivity contribution in [2.24, 2.45) is 0 Å². The van der Waals surface area contributed by atoms with Crippen LogP contribution >= 0.6 is 0 Å². The molecule has 3 aliphatic rings. The highest BCUT2D eigenvalue weighted by molar-refractivity contribution is 6.25. The zero-order valence-electron chi connectivity index (χ0n) is 21.1. The van der Waals surface area contributed by atoms with Gasteiger partial charge in [-0.1, -0.05) is 6.07 Å². The number of anilines is 3. The largest absolute Gasteiger partial charge is 0.482 e. The summed E-state index contributed by atoms with van der Waals surface area (Å²) in [5.74, 6) is -2.02. The summed E-state index contributed by atoms with van der Waals surface area (Å²) in [7, 11) is 1.65. The van der Waals surface area contributed by atoms with Crippen molar-refractivity contribution in [3.8, 4) is 16.9 Å². The number of nitrogens with zero attached hydrogens (tertiary/aromatic N) is 3. The Morgan fingerprint density at radius 2 is 1.82 bits per heavy atom. The molecule has 0 spiro atoms. The van der Waals surface area contributed by atoms with Gasteiger partial charge >= 0.3 is 0 Å². The van der Waals surface area contributed by atoms with Gasteiger partial charge in [0.2, 0.25) is 11.8 Å². The van der Waals surface area contributed by atoms with E-state index in [9.17, 15) is 24.0 Å². The molecule has 0 radical (unpaired) electrons. The van der Waals surface area contributed by atoms with Gasteiger partial charge < -0.3 is 15.0 Å². The number of ether oxygens (including phenoxy) is 1. The van der Waals surface area contributed by atoms with E-state index in [-0.39, 0.29) is 36.5 Å². The predicted molar refractivity (Wildman–Crippen MR) is 140 cm³/mol. The van der Waals surface area contributed by atoms with Crippen LogP contribution in [0, 0.1) is 6.92 Å². The number of benzene rings is 2. The minimum Gasteiger partial charge on any atom is -0.482 e. The van der Waals surface area contributed by atoms with Crippen LogP contribution in [0.5, 0.6) is 5.75 Å². The van der Waals surface area contributed by atoms with Crippen molar-refractivity contribution < 1.29 is 28.7 Å². The number of nitrogens with one attached hydrogen (secondary N) is 2. The number of pyridine rings is 1. The summed E-state index contributed by atoms with van der Waals surface area (Å²) >= 11 is 0. The van der Waals surface area contributed by atoms with E-state index < -0.39 is 29.7 Å². The first kappa shape index (κ1) is 24.3. The van der Waals surface area contributed by atoms with Gasteiger partial charge in [-0.05, 0) is 49.2 Å². The lowest BCUT2D eigenvalue weighted by atomic mass is 10.0. The summed E-state index contributed by atoms with van der Waals surface area (Å²) in [6.45, 7) is 1.84. The Labute approximate surface area is 222 Å². The number of piperidine rings is 1. The van der Waals surface area contributed by atoms with Crippen LogP contribution in [-0.4, -0.2) is 59.1 Å². The summed E-state index contributed by atoms with van der Waals surface area (Å²) in [5, 5.41) is 5.50. The first-order chi connectivity index (χ1) is 18.7. The van der Waals surface area contributed by atoms with Gasteiger partial charge in [-0.25, -0.2) is 0 Å². The average Bonchev–Trinajstić information content (AvgIpc) is 3.17. The lowest BCUT2D eigenvalue weighted by molar-refractivity contribution is -0.136. The number of amides is 5. The maximum absolute atomic E-state index is 13.6. The summed E-state index contributed by atoms with van der Waals surface area (Å²) in [6.07, 6.45) is 3.53. The second kappa shape index (κ2) is 9.05. The van der Waals surface area contributed by atoms with E-state index in [2.05, 4.69) is 15.6 Å². The van der Waals surface area contributed by atoms with Crippen molar-refractivity contribution >= 4 is 46.6 Å². The lowest BCUT2D eigenvalue weighted by Crippen LogP contribution is -2.54. The van der Waals surface area contributed by atoms with Crippen molar-refractivity contribution in [2.75, 3.05) is 23.9 Å². The maximum Gasteiger partial charge on any atom is 0.264 e. The van der Waals surface area contributed by atoms with E-state index in [1.807, 2.05) is 19.1 Å². The predicted octanol–water partition coefficient (Wildman–Crippen LogP) is 2.56. The van der Waals surface area contributed by atoms with Gasteiger partial charge in [0.1, 0.15) is 11.8 Å². The topological polar surface area (TPSA) is 138 Å². The molecule has 4 heterocycles. The van der Waals surface area contributed by atoms with Gasteiger partial charge in [0.15, 0.2) is 6.61 Å². The number of carbonyl (C=O) groups excluding carboxylic acids is 5. The molecule has 1 atom stereocenters. The molecule has 0 unspecified atom stereocenters. The summed E-state index contributed by atoms with van der Waals surface area (Å²) < 4.78 is 5.70. The molecule has 1 saturated heterocycles. The minimum atomic E-state index is -1.07. The monoisotopic (exact) mass is 525 g/mol. The first-order valence-electron chi connectivity index (χ1n) is 12.3. The Bertz CT molecular complexity index is 1620. The number of rotatable bonds is 4. The number of hydrogen-bond acceptors (Lipinski definition) is 8. The second-order valence-corrected chi connectivity index (χ2v) is 9.66. The number of likely N-dealkylation sites (N-methyl/N-ethyl adjacent to an activating group) is 1. The van der Waals surface area contributed by atoms with E-state index in [4.69, 9.17) is 4.74 Å². The van der Waals surface area contributed by atoms with Gasteiger partial charge in [0, 0.05) is 42.7 Å². The Balaban J connectivity index is 1.44. The van der Waals surface area contributed by atoms with E-state index in [0.29, 0.717) is 28.4 Å². The van der Waals surface area contributed by atoms with Gasteiger partial charge in [-0.3, -0.25) is 39.2 Å². The molecule has 1 aromatic heterocycles. The fourth-order valence-electron chi connectivity index (χ4n) is 5.13. The molecule has 2 aromatic carbocycles. The van der Waals surface area contributed by atoms with Crippen LogP contribution in [0.4, 0.5) is 17.1 Å². The highest BCUT2D eigenvalue weighted by Crippen LogP contribution is 2.43. The summed E-state index contributed by atoms with van der Waals surface area (Å²) in [4.78, 5) is 70.0. The fraction of sp³-hybridized carbons (Fsp3) is 0.214. The minimum absolute atomic E-state index is 0.0340. The number of fused-ring (bicyclic) bond motifs is 2. The maximum atomic E-state index is 13.6. The molecule has 11 nitrogen and oxygen atoms in total. The van der Waals surface area contributed by atoms with Gasteiger partial charge in [-0.2, -0.15) is 0 Å². The number of hydrogen-bond donors (Lipinski definition) is 2. The summed E-state index contributed by atoms with van der Waals surface area (Å²) in [6, 6.07) is 9.28. The Kier molecular flexibility index (Phi) is 5.63. The molecule has 2 N–H and O–H groups in total. The highest BCUT2D eigenvalue weighted by Gasteiger charge is 2.45. The Morgan fingerprint density at radius 3 is 2.59 bits per heavy atom. The van der Waals surface area contributed by atoms with Crippen molar-refractivity contribution in [3.63, 3.8) is 0 Å². The molecule has 39 heavy (non-hydrogen) atoms. The van der Waals surface area contributed by atoms with Gasteiger partial charge in [-0.15, -0.1) is 0 Å². The van der Waals surface area contributed by atoms with Gasteiger partial charge in [0.05, 0.1) is 22.5 Å². The SMILES string of the molecule is Cc1cncc(-c2cc3c(cc2Nc2cccc4c2C(=O)N([C@H]2CCC(=O)NC2=O)C4=O)N(C)C(=O)CO3)c1. The van der Waals surface area contributed by atoms with E-state index in [1.165, 1.54) is 11.0 Å². The number of aryl methyl sites for hydroxylation is 1. The molecule has 0 aliphatic carbocycles. The molecule has 5 amide bonds. The van der Waals surface area contributed by atoms with E-state index >= 15 is 0 Å². The van der Waals surface area contributed by atoms with Crippen molar-refractivity contribution in [1.82, 2.24) is 15.2 Å². The molecular weight excluding hydrogens is 502 g/mol. The van der Waals surface area contributed by atoms with Crippen LogP contribution in [0.15, 0.2) is 48.8 Å². The zero-order chi connectivity index (χ0) is 27.4. The number of carbonyl (C=O) groups is 5. The van der Waals surface area contributed by atoms with Crippen LogP contribution in [0.1, 0.15) is 39.1 Å². The zero-order valence-corrected chi connectivity index (χ0v) is 21.1. The highest BCUT2D eigenvalue weighted by atomic mass is 16.5. The third-order valence-electron chi connectivity index (χ3n) is 7.11. The van der Waals surface area contributed by atoms with Crippen LogP contribution in [-0.2, 0) is 14.4 Å². The average molecular weight is 526 g/mol. The molecule has 3 aromatic rings. The third-order valence-corrected chi connectivity index (χ3v) is 7.11. The lowest BCUT2D eigenvalue weighted by Gasteiger charge is -2.28. The van der Waals surface area contributed by atoms with Gasteiger partial charge in [0.25, 0.3) is 17.7 Å². The van der Waals surface area contributed by atoms with Crippen LogP contribution < -0.4 is 20.3 Å². The van der Waals surface area contributed by atoms with E-state index in [1.54, 1.807) is 37.6 Å². The molecule has 11 heteroatoms. The molecule has 0 bridgehead atoms. The van der Waals surface area contributed by atoms with Crippen LogP contribution in [0.25, 0.3) is 11.1 Å². The quantitative estimate of drug-likeness (QED) is 0.496. The molecule has 196 valence electrons. The van der Waals surface area contributed by atoms with Crippen LogP contribution in [0.2, 0.25) is 0 Å². The smallest absolute Gasteiger partial charge is 0.264 e. The fourth-order valence-corrected chi connectivity index (χ4v) is 5.13. The second-order valence-electron chi connectivity index (χ2n) is 9.66. The standard InChI is InChI=1S/C28H23N5O6/c1-14-8-15(12-29-11-14)17-9-22-21(32(2)24(35)13-39-22)10-19(17)30-18-5-3-4-16-25(18)28(38)33(27(16)37)20-6-7-23(34)31-26(20)36/h3-5,8-12,20,30H,6-7,13H2,1-2H3,(H,31,34,36)/t20-/m0/s1. The molecule has 6 rings (SSSR count). The normalized spacial score (nSPS) is 18.5. The summed E-state index contributed by atoms with van der Waals surface area (Å²) in [5.41, 5.74) is 4.16. The third kappa shape index (κ3) is 3.99. The van der Waals surface area contributed by atoms with E-state index in [0.717, 1.165) is 16.0 Å². The molecule has 3 aliphatic heterocycles. The van der Waals surface area contributed by atoms with Crippen molar-refractivity contribution in [1.29, 1.82) is 0 Å². The number of imide groups is 2. The number of aromatic nitrogens is 1. The Morgan fingerprint density at radius 1 is 1.00 bits per heavy atom. The van der Waals surface area contributed by atoms with Crippen molar-refractivity contribution in [2.45, 2.75) is 25.8 Å².